The number of carbonyl (C=O) groups excluding carboxylic acids is 1. The maximum absolute atomic E-state index is 12.4. The Balaban J connectivity index is 1.68. The van der Waals surface area contributed by atoms with Crippen LogP contribution in [0, 0.1) is 17.0 Å². The number of hydrogen-bond donors (Lipinski definition) is 2. The van der Waals surface area contributed by atoms with Crippen molar-refractivity contribution in [1.82, 2.24) is 9.97 Å². The van der Waals surface area contributed by atoms with Crippen molar-refractivity contribution >= 4 is 33.3 Å². The van der Waals surface area contributed by atoms with Crippen molar-refractivity contribution in [1.29, 1.82) is 0 Å². The molecule has 0 fully saturated rings. The van der Waals surface area contributed by atoms with Gasteiger partial charge in [-0.25, -0.2) is 23.1 Å². The van der Waals surface area contributed by atoms with Crippen molar-refractivity contribution in [2.75, 3.05) is 10.0 Å². The molecule has 30 heavy (non-hydrogen) atoms. The van der Waals surface area contributed by atoms with E-state index in [1.807, 2.05) is 0 Å². The molecule has 0 aliphatic heterocycles. The highest BCUT2D eigenvalue weighted by Gasteiger charge is 2.17. The number of sulfonamides is 1. The maximum Gasteiger partial charge on any atom is 0.273 e. The molecule has 3 rings (SSSR count). The minimum absolute atomic E-state index is 0.0377. The van der Waals surface area contributed by atoms with Gasteiger partial charge in [0.15, 0.2) is 0 Å². The molecule has 0 aliphatic rings. The summed E-state index contributed by atoms with van der Waals surface area (Å²) >= 11 is 0. The molecule has 0 unspecified atom stereocenters. The van der Waals surface area contributed by atoms with Gasteiger partial charge in [-0.2, -0.15) is 0 Å². The van der Waals surface area contributed by atoms with Gasteiger partial charge in [0.05, 0.1) is 16.2 Å². The molecule has 0 saturated carbocycles. The highest BCUT2D eigenvalue weighted by molar-refractivity contribution is 7.92. The van der Waals surface area contributed by atoms with Gasteiger partial charge in [0.2, 0.25) is 11.9 Å². The van der Waals surface area contributed by atoms with Crippen molar-refractivity contribution in [3.63, 3.8) is 0 Å². The fourth-order valence-corrected chi connectivity index (χ4v) is 3.56. The van der Waals surface area contributed by atoms with Crippen LogP contribution in [0.2, 0.25) is 0 Å². The van der Waals surface area contributed by atoms with Gasteiger partial charge in [-0.15, -0.1) is 0 Å². The Hall–Kier alpha value is -3.86. The highest BCUT2D eigenvalue weighted by Crippen LogP contribution is 2.20. The lowest BCUT2D eigenvalue weighted by Crippen LogP contribution is -2.16. The maximum atomic E-state index is 12.4. The summed E-state index contributed by atoms with van der Waals surface area (Å²) < 4.78 is 27.2. The molecule has 3 aromatic rings. The molecule has 1 heterocycles. The largest absolute Gasteiger partial charge is 0.326 e. The number of anilines is 2. The first-order valence-corrected chi connectivity index (χ1v) is 10.2. The minimum Gasteiger partial charge on any atom is -0.326 e. The molecule has 0 aliphatic carbocycles. The molecular formula is C19H17N5O5S. The monoisotopic (exact) mass is 427 g/mol. The molecule has 0 bridgehead atoms. The van der Waals surface area contributed by atoms with Gasteiger partial charge >= 0.3 is 0 Å². The molecule has 154 valence electrons. The number of rotatable bonds is 7. The summed E-state index contributed by atoms with van der Waals surface area (Å²) in [6.45, 7) is 1.71. The predicted molar refractivity (Wildman–Crippen MR) is 109 cm³/mol. The van der Waals surface area contributed by atoms with Gasteiger partial charge < -0.3 is 5.32 Å². The van der Waals surface area contributed by atoms with Crippen LogP contribution < -0.4 is 10.0 Å². The molecular weight excluding hydrogens is 410 g/mol. The highest BCUT2D eigenvalue weighted by atomic mass is 32.2. The van der Waals surface area contributed by atoms with Gasteiger partial charge in [-0.3, -0.25) is 14.9 Å². The Bertz CT molecular complexity index is 1200. The van der Waals surface area contributed by atoms with E-state index in [1.54, 1.807) is 19.1 Å². The van der Waals surface area contributed by atoms with Crippen LogP contribution in [0.4, 0.5) is 17.3 Å². The molecule has 11 heteroatoms. The van der Waals surface area contributed by atoms with Gasteiger partial charge in [-0.1, -0.05) is 18.2 Å². The lowest BCUT2D eigenvalue weighted by molar-refractivity contribution is -0.385. The third kappa shape index (κ3) is 5.14. The number of amides is 1. The Labute approximate surface area is 172 Å². The second kappa shape index (κ2) is 8.66. The van der Waals surface area contributed by atoms with Gasteiger partial charge in [0, 0.05) is 29.2 Å². The Morgan fingerprint density at radius 3 is 2.47 bits per heavy atom. The van der Waals surface area contributed by atoms with Crippen LogP contribution in [0.1, 0.15) is 11.3 Å². The van der Waals surface area contributed by atoms with E-state index >= 15 is 0 Å². The minimum atomic E-state index is -3.90. The first-order chi connectivity index (χ1) is 14.2. The van der Waals surface area contributed by atoms with E-state index in [0.717, 1.165) is 0 Å². The quantitative estimate of drug-likeness (QED) is 0.435. The number of aryl methyl sites for hydroxylation is 1. The summed E-state index contributed by atoms with van der Waals surface area (Å²) in [5, 5.41) is 13.6. The fraction of sp³-hybridized carbons (Fsp3) is 0.105. The molecule has 2 aromatic carbocycles. The normalized spacial score (nSPS) is 11.0. The summed E-state index contributed by atoms with van der Waals surface area (Å²) in [7, 11) is -3.90. The molecule has 0 saturated heterocycles. The van der Waals surface area contributed by atoms with Crippen molar-refractivity contribution in [3.8, 4) is 0 Å². The summed E-state index contributed by atoms with van der Waals surface area (Å²) in [4.78, 5) is 30.5. The van der Waals surface area contributed by atoms with Gasteiger partial charge in [0.25, 0.3) is 15.7 Å². The summed E-state index contributed by atoms with van der Waals surface area (Å²) in [6.07, 6.45) is 1.25. The molecule has 0 radical (unpaired) electrons. The van der Waals surface area contributed by atoms with E-state index in [0.29, 0.717) is 11.4 Å². The van der Waals surface area contributed by atoms with E-state index in [4.69, 9.17) is 0 Å². The van der Waals surface area contributed by atoms with E-state index < -0.39 is 20.9 Å². The van der Waals surface area contributed by atoms with E-state index in [-0.39, 0.29) is 28.5 Å². The SMILES string of the molecule is Cc1ccnc(NS(=O)(=O)c2ccc(NC(=O)Cc3ccccc3[N+](=O)[O-])cc2)n1. The number of aromatic nitrogens is 2. The molecule has 1 amide bonds. The van der Waals surface area contributed by atoms with Crippen LogP contribution >= 0.6 is 0 Å². The average molecular weight is 427 g/mol. The summed E-state index contributed by atoms with van der Waals surface area (Å²) in [5.41, 5.74) is 1.10. The number of nitro benzene ring substituents is 1. The lowest BCUT2D eigenvalue weighted by atomic mass is 10.1. The van der Waals surface area contributed by atoms with Gasteiger partial charge in [0.1, 0.15) is 0 Å². The Kier molecular flexibility index (Phi) is 6.02. The average Bonchev–Trinajstić information content (AvgIpc) is 2.68. The van der Waals surface area contributed by atoms with Gasteiger partial charge in [-0.05, 0) is 37.3 Å². The van der Waals surface area contributed by atoms with Crippen LogP contribution in [-0.2, 0) is 21.2 Å². The second-order valence-corrected chi connectivity index (χ2v) is 7.94. The van der Waals surface area contributed by atoms with E-state index in [1.165, 1.54) is 48.7 Å². The molecule has 2 N–H and O–H groups in total. The van der Waals surface area contributed by atoms with Crippen molar-refractivity contribution in [2.24, 2.45) is 0 Å². The van der Waals surface area contributed by atoms with Crippen LogP contribution in [0.25, 0.3) is 0 Å². The molecule has 0 atom stereocenters. The lowest BCUT2D eigenvalue weighted by Gasteiger charge is -2.09. The van der Waals surface area contributed by atoms with Crippen LogP contribution in [-0.4, -0.2) is 29.2 Å². The van der Waals surface area contributed by atoms with E-state index in [9.17, 15) is 23.3 Å². The number of carbonyl (C=O) groups is 1. The Morgan fingerprint density at radius 1 is 1.10 bits per heavy atom. The second-order valence-electron chi connectivity index (χ2n) is 6.26. The van der Waals surface area contributed by atoms with Crippen molar-refractivity contribution in [3.05, 3.63) is 82.2 Å². The zero-order chi connectivity index (χ0) is 21.7. The first-order valence-electron chi connectivity index (χ1n) is 8.69. The first kappa shape index (κ1) is 20.9. The molecule has 1 aromatic heterocycles. The third-order valence-electron chi connectivity index (χ3n) is 4.01. The van der Waals surface area contributed by atoms with Crippen LogP contribution in [0.5, 0.6) is 0 Å². The third-order valence-corrected chi connectivity index (χ3v) is 5.35. The Morgan fingerprint density at radius 2 is 1.80 bits per heavy atom. The summed E-state index contributed by atoms with van der Waals surface area (Å²) in [5.74, 6) is -0.511. The van der Waals surface area contributed by atoms with Crippen molar-refractivity contribution < 1.29 is 18.1 Å². The smallest absolute Gasteiger partial charge is 0.273 e. The number of nitrogens with one attached hydrogen (secondary N) is 2. The van der Waals surface area contributed by atoms with Crippen LogP contribution in [0.15, 0.2) is 65.7 Å². The topological polar surface area (TPSA) is 144 Å². The zero-order valence-electron chi connectivity index (χ0n) is 15.8. The molecule has 0 spiro atoms. The number of benzene rings is 2. The van der Waals surface area contributed by atoms with Crippen LogP contribution in [0.3, 0.4) is 0 Å². The standard InChI is InChI=1S/C19H17N5O5S/c1-13-10-11-20-19(21-13)23-30(28,29)16-8-6-15(7-9-16)22-18(25)12-14-4-2-3-5-17(14)24(26)27/h2-11H,12H2,1H3,(H,22,25)(H,20,21,23). The molecule has 10 nitrogen and oxygen atoms in total. The predicted octanol–water partition coefficient (Wildman–Crippen LogP) is 2.68. The van der Waals surface area contributed by atoms with E-state index in [2.05, 4.69) is 20.0 Å². The summed E-state index contributed by atoms with van der Waals surface area (Å²) in [6, 6.07) is 13.1. The number of nitrogens with zero attached hydrogens (tertiary/aromatic N) is 3. The zero-order valence-corrected chi connectivity index (χ0v) is 16.6. The van der Waals surface area contributed by atoms with Crippen molar-refractivity contribution in [2.45, 2.75) is 18.2 Å². The number of hydrogen-bond acceptors (Lipinski definition) is 7. The number of nitro groups is 1. The number of para-hydroxylation sites is 1. The fourth-order valence-electron chi connectivity index (χ4n) is 2.61.